The van der Waals surface area contributed by atoms with Gasteiger partial charge < -0.3 is 0 Å². The lowest BCUT2D eigenvalue weighted by Crippen LogP contribution is -2.03. The van der Waals surface area contributed by atoms with E-state index in [4.69, 9.17) is 0 Å². The molecular formula is C28H40Br2S2. The number of rotatable bonds is 14. The molecule has 0 fully saturated rings. The van der Waals surface area contributed by atoms with Crippen molar-refractivity contribution >= 4 is 74.7 Å². The number of halogens is 2. The minimum atomic E-state index is 0.856. The minimum Gasteiger partial charge on any atom is -0.128 e. The third-order valence-electron chi connectivity index (χ3n) is 7.29. The highest BCUT2D eigenvalue weighted by Crippen LogP contribution is 2.45. The first-order valence-electron chi connectivity index (χ1n) is 12.8. The molecule has 3 aromatic rings. The zero-order chi connectivity index (χ0) is 23.1. The Labute approximate surface area is 220 Å². The molecule has 0 saturated carbocycles. The van der Waals surface area contributed by atoms with Crippen LogP contribution in [-0.4, -0.2) is 0 Å². The first-order valence-corrected chi connectivity index (χ1v) is 16.1. The summed E-state index contributed by atoms with van der Waals surface area (Å²) < 4.78 is 5.64. The van der Waals surface area contributed by atoms with Crippen LogP contribution in [0.25, 0.3) is 20.2 Å². The average Bonchev–Trinajstić information content (AvgIpc) is 3.36. The van der Waals surface area contributed by atoms with Crippen molar-refractivity contribution in [3.8, 4) is 0 Å². The Balaban J connectivity index is 1.96. The number of benzene rings is 1. The van der Waals surface area contributed by atoms with Crippen molar-refractivity contribution in [3.63, 3.8) is 0 Å². The summed E-state index contributed by atoms with van der Waals surface area (Å²) in [6.07, 6.45) is 15.8. The molecule has 2 aromatic heterocycles. The van der Waals surface area contributed by atoms with Crippen LogP contribution in [0.5, 0.6) is 0 Å². The summed E-state index contributed by atoms with van der Waals surface area (Å²) in [6.45, 7) is 9.38. The number of hydrogen-bond donors (Lipinski definition) is 0. The van der Waals surface area contributed by atoms with Gasteiger partial charge in [-0.25, -0.2) is 0 Å². The zero-order valence-electron chi connectivity index (χ0n) is 20.4. The Morgan fingerprint density at radius 2 is 1.06 bits per heavy atom. The largest absolute Gasteiger partial charge is 0.128 e. The number of unbranched alkanes of at least 4 members (excludes halogenated alkanes) is 2. The van der Waals surface area contributed by atoms with E-state index in [0.717, 1.165) is 11.8 Å². The second-order valence-corrected chi connectivity index (χ2v) is 14.3. The summed E-state index contributed by atoms with van der Waals surface area (Å²) in [5, 5.41) is 3.04. The van der Waals surface area contributed by atoms with Gasteiger partial charge in [0.15, 0.2) is 0 Å². The first-order chi connectivity index (χ1) is 15.5. The molecule has 0 N–H and O–H groups in total. The molecule has 0 aliphatic carbocycles. The van der Waals surface area contributed by atoms with Crippen LogP contribution in [0.15, 0.2) is 19.7 Å². The lowest BCUT2D eigenvalue weighted by atomic mass is 9.88. The van der Waals surface area contributed by atoms with Crippen LogP contribution in [0.4, 0.5) is 0 Å². The summed E-state index contributed by atoms with van der Waals surface area (Å²) in [6, 6.07) is 4.82. The van der Waals surface area contributed by atoms with Gasteiger partial charge in [0.05, 0.1) is 7.57 Å². The van der Waals surface area contributed by atoms with Crippen LogP contribution in [-0.2, 0) is 12.8 Å². The van der Waals surface area contributed by atoms with Gasteiger partial charge in [-0.05, 0) is 103 Å². The summed E-state index contributed by atoms with van der Waals surface area (Å²) in [5.41, 5.74) is 3.20. The molecule has 1 aromatic carbocycles. The second-order valence-electron chi connectivity index (χ2n) is 9.45. The van der Waals surface area contributed by atoms with Crippen LogP contribution in [0, 0.1) is 11.8 Å². The molecule has 0 spiro atoms. The molecule has 0 saturated heterocycles. The topological polar surface area (TPSA) is 0 Å². The molecule has 0 aliphatic rings. The van der Waals surface area contributed by atoms with E-state index < -0.39 is 0 Å². The Morgan fingerprint density at radius 1 is 0.656 bits per heavy atom. The smallest absolute Gasteiger partial charge is 0.0711 e. The highest BCUT2D eigenvalue weighted by atomic mass is 79.9. The molecule has 0 amide bonds. The lowest BCUT2D eigenvalue weighted by Gasteiger charge is -2.18. The molecule has 178 valence electrons. The Kier molecular flexibility index (Phi) is 11.1. The predicted octanol–water partition coefficient (Wildman–Crippen LogP) is 11.9. The van der Waals surface area contributed by atoms with Crippen molar-refractivity contribution in [1.82, 2.24) is 0 Å². The monoisotopic (exact) mass is 598 g/mol. The summed E-state index contributed by atoms with van der Waals surface area (Å²) in [7, 11) is 0. The molecule has 0 bridgehead atoms. The Morgan fingerprint density at radius 3 is 1.41 bits per heavy atom. The fraction of sp³-hybridized carbons (Fsp3) is 0.643. The van der Waals surface area contributed by atoms with Crippen LogP contribution in [0.1, 0.15) is 103 Å². The van der Waals surface area contributed by atoms with Crippen LogP contribution in [0.2, 0.25) is 0 Å². The van der Waals surface area contributed by atoms with Crippen molar-refractivity contribution in [2.45, 2.75) is 105 Å². The zero-order valence-corrected chi connectivity index (χ0v) is 25.2. The molecule has 0 radical (unpaired) electrons. The van der Waals surface area contributed by atoms with E-state index in [-0.39, 0.29) is 0 Å². The highest BCUT2D eigenvalue weighted by molar-refractivity contribution is 9.11. The van der Waals surface area contributed by atoms with Crippen LogP contribution < -0.4 is 0 Å². The summed E-state index contributed by atoms with van der Waals surface area (Å²) in [5.74, 6) is 1.71. The average molecular weight is 601 g/mol. The molecule has 3 rings (SSSR count). The quantitative estimate of drug-likeness (QED) is 0.173. The van der Waals surface area contributed by atoms with Gasteiger partial charge >= 0.3 is 0 Å². The summed E-state index contributed by atoms with van der Waals surface area (Å²) in [4.78, 5) is 0. The van der Waals surface area contributed by atoms with Gasteiger partial charge in [-0.2, -0.15) is 0 Å². The van der Waals surface area contributed by atoms with Crippen molar-refractivity contribution in [2.24, 2.45) is 11.8 Å². The van der Waals surface area contributed by atoms with E-state index in [1.54, 1.807) is 11.1 Å². The molecule has 4 heteroatoms. The van der Waals surface area contributed by atoms with Crippen LogP contribution in [0.3, 0.4) is 0 Å². The van der Waals surface area contributed by atoms with E-state index in [2.05, 4.69) is 71.7 Å². The van der Waals surface area contributed by atoms with Gasteiger partial charge in [0.1, 0.15) is 0 Å². The van der Waals surface area contributed by atoms with E-state index in [1.807, 2.05) is 22.7 Å². The second kappa shape index (κ2) is 13.3. The molecule has 0 nitrogen and oxygen atoms in total. The van der Waals surface area contributed by atoms with Gasteiger partial charge in [-0.15, -0.1) is 22.7 Å². The molecule has 2 heterocycles. The van der Waals surface area contributed by atoms with Gasteiger partial charge in [0, 0.05) is 9.40 Å². The minimum absolute atomic E-state index is 0.856. The van der Waals surface area contributed by atoms with Crippen molar-refractivity contribution < 1.29 is 0 Å². The summed E-state index contributed by atoms with van der Waals surface area (Å²) >= 11 is 11.6. The number of fused-ring (bicyclic) bond motifs is 2. The fourth-order valence-corrected chi connectivity index (χ4v) is 8.57. The molecule has 2 atom stereocenters. The van der Waals surface area contributed by atoms with Crippen molar-refractivity contribution in [2.75, 3.05) is 0 Å². The predicted molar refractivity (Wildman–Crippen MR) is 156 cm³/mol. The van der Waals surface area contributed by atoms with Gasteiger partial charge in [0.2, 0.25) is 0 Å². The van der Waals surface area contributed by atoms with E-state index in [1.165, 1.54) is 105 Å². The maximum absolute atomic E-state index is 3.84. The molecule has 0 aliphatic heterocycles. The van der Waals surface area contributed by atoms with Gasteiger partial charge in [-0.1, -0.05) is 79.1 Å². The van der Waals surface area contributed by atoms with Crippen molar-refractivity contribution in [1.29, 1.82) is 0 Å². The normalized spacial score (nSPS) is 13.9. The maximum atomic E-state index is 3.84. The SMILES string of the molecule is CCCCC(CC)CCc1c2cc(Br)sc2c(CCC(CC)CCCC)c2cc(Br)sc12. The molecule has 2 unspecified atom stereocenters. The number of hydrogen-bond acceptors (Lipinski definition) is 2. The van der Waals surface area contributed by atoms with E-state index in [0.29, 0.717) is 0 Å². The molecule has 32 heavy (non-hydrogen) atoms. The lowest BCUT2D eigenvalue weighted by molar-refractivity contribution is 0.422. The Bertz CT molecular complexity index is 852. The van der Waals surface area contributed by atoms with Gasteiger partial charge in [-0.3, -0.25) is 0 Å². The van der Waals surface area contributed by atoms with E-state index >= 15 is 0 Å². The third kappa shape index (κ3) is 6.61. The first kappa shape index (κ1) is 26.7. The van der Waals surface area contributed by atoms with Crippen molar-refractivity contribution in [3.05, 3.63) is 30.8 Å². The van der Waals surface area contributed by atoms with E-state index in [9.17, 15) is 0 Å². The standard InChI is InChI=1S/C28H40Br2S2/c1-5-9-11-19(7-3)13-15-21-23-17-25(29)32-28(23)22(24-18-26(30)31-27(21)24)16-14-20(8-4)12-10-6-2/h17-20H,5-16H2,1-4H3. The van der Waals surface area contributed by atoms with Crippen LogP contribution >= 0.6 is 54.5 Å². The number of thiophene rings is 2. The fourth-order valence-electron chi connectivity index (χ4n) is 5.15. The molecular weight excluding hydrogens is 560 g/mol. The van der Waals surface area contributed by atoms with Gasteiger partial charge in [0.25, 0.3) is 0 Å². The third-order valence-corrected chi connectivity index (χ3v) is 10.7. The Hall–Kier alpha value is 0.1000. The number of aryl methyl sites for hydroxylation is 2. The maximum Gasteiger partial charge on any atom is 0.0711 e. The highest BCUT2D eigenvalue weighted by Gasteiger charge is 2.20.